The van der Waals surface area contributed by atoms with Gasteiger partial charge in [-0.2, -0.15) is 0 Å². The van der Waals surface area contributed by atoms with Crippen molar-refractivity contribution in [2.24, 2.45) is 0 Å². The van der Waals surface area contributed by atoms with E-state index in [1.165, 1.54) is 0 Å². The van der Waals surface area contributed by atoms with Crippen molar-refractivity contribution in [2.45, 2.75) is 12.5 Å². The summed E-state index contributed by atoms with van der Waals surface area (Å²) in [5, 5.41) is 6.74. The van der Waals surface area contributed by atoms with Crippen LogP contribution in [0.25, 0.3) is 10.9 Å². The molecule has 4 amide bonds. The largest absolute Gasteiger partial charge is 0.360 e. The number of benzene rings is 2. The Morgan fingerprint density at radius 1 is 0.944 bits per heavy atom. The Hall–Kier alpha value is -3.85. The first-order valence-electron chi connectivity index (χ1n) is 12.3. The number of nitrogens with zero attached hydrogens (tertiary/aromatic N) is 3. The zero-order valence-electron chi connectivity index (χ0n) is 20.9. The van der Waals surface area contributed by atoms with Crippen LogP contribution in [0.1, 0.15) is 15.9 Å². The van der Waals surface area contributed by atoms with E-state index in [0.717, 1.165) is 16.5 Å². The summed E-state index contributed by atoms with van der Waals surface area (Å²) in [7, 11) is 3.89. The molecule has 9 nitrogen and oxygen atoms in total. The standard InChI is InChI=1S/C27H34N6O3/c1-31(2)13-12-28-25(34)24(18-20-8-4-3-5-9-20)30-27(36)33-16-14-32(15-17-33)26(35)22-19-29-23-11-7-6-10-21(22)23/h3-11,19,24,29H,12-18H2,1-2H3,(H,28,34)(H,30,36)/t24-/m1/s1. The molecule has 3 aromatic rings. The molecule has 1 atom stereocenters. The lowest BCUT2D eigenvalue weighted by molar-refractivity contribution is -0.123. The molecule has 0 unspecified atom stereocenters. The highest BCUT2D eigenvalue weighted by atomic mass is 16.2. The first-order chi connectivity index (χ1) is 17.4. The van der Waals surface area contributed by atoms with E-state index in [4.69, 9.17) is 0 Å². The summed E-state index contributed by atoms with van der Waals surface area (Å²) >= 11 is 0. The number of rotatable bonds is 8. The highest BCUT2D eigenvalue weighted by Gasteiger charge is 2.29. The molecular formula is C27H34N6O3. The maximum atomic E-state index is 13.1. The predicted octanol–water partition coefficient (Wildman–Crippen LogP) is 1.92. The molecule has 190 valence electrons. The lowest BCUT2D eigenvalue weighted by atomic mass is 10.1. The second-order valence-electron chi connectivity index (χ2n) is 9.31. The fourth-order valence-corrected chi connectivity index (χ4v) is 4.36. The smallest absolute Gasteiger partial charge is 0.318 e. The van der Waals surface area contributed by atoms with Crippen molar-refractivity contribution in [2.75, 3.05) is 53.4 Å². The van der Waals surface area contributed by atoms with Crippen LogP contribution in [-0.2, 0) is 11.2 Å². The first-order valence-corrected chi connectivity index (χ1v) is 12.3. The Kier molecular flexibility index (Phi) is 8.22. The van der Waals surface area contributed by atoms with Crippen molar-refractivity contribution < 1.29 is 14.4 Å². The number of amides is 4. The van der Waals surface area contributed by atoms with E-state index in [2.05, 4.69) is 15.6 Å². The maximum absolute atomic E-state index is 13.1. The third-order valence-corrected chi connectivity index (χ3v) is 6.43. The van der Waals surface area contributed by atoms with Gasteiger partial charge in [0.2, 0.25) is 5.91 Å². The van der Waals surface area contributed by atoms with Crippen LogP contribution >= 0.6 is 0 Å². The van der Waals surface area contributed by atoms with Gasteiger partial charge in [-0.1, -0.05) is 48.5 Å². The van der Waals surface area contributed by atoms with E-state index in [1.54, 1.807) is 16.0 Å². The molecule has 0 radical (unpaired) electrons. The van der Waals surface area contributed by atoms with Crippen molar-refractivity contribution in [1.29, 1.82) is 0 Å². The predicted molar refractivity (Wildman–Crippen MR) is 140 cm³/mol. The first kappa shape index (κ1) is 25.2. The van der Waals surface area contributed by atoms with Crippen LogP contribution in [0.5, 0.6) is 0 Å². The fraction of sp³-hybridized carbons (Fsp3) is 0.370. The van der Waals surface area contributed by atoms with Gasteiger partial charge in [-0.25, -0.2) is 4.79 Å². The van der Waals surface area contributed by atoms with E-state index in [0.29, 0.717) is 51.3 Å². The number of piperazine rings is 1. The van der Waals surface area contributed by atoms with E-state index in [9.17, 15) is 14.4 Å². The van der Waals surface area contributed by atoms with Gasteiger partial charge in [0.15, 0.2) is 0 Å². The number of para-hydroxylation sites is 1. The van der Waals surface area contributed by atoms with E-state index in [1.807, 2.05) is 73.6 Å². The topological polar surface area (TPSA) is 101 Å². The summed E-state index contributed by atoms with van der Waals surface area (Å²) < 4.78 is 0. The number of carbonyl (C=O) groups is 3. The molecule has 4 rings (SSSR count). The summed E-state index contributed by atoms with van der Waals surface area (Å²) in [6.07, 6.45) is 2.15. The van der Waals surface area contributed by atoms with Gasteiger partial charge in [-0.15, -0.1) is 0 Å². The zero-order valence-corrected chi connectivity index (χ0v) is 20.9. The molecule has 0 spiro atoms. The Balaban J connectivity index is 1.35. The van der Waals surface area contributed by atoms with Gasteiger partial charge in [0.05, 0.1) is 5.56 Å². The lowest BCUT2D eigenvalue weighted by Crippen LogP contribution is -2.57. The average Bonchev–Trinajstić information content (AvgIpc) is 3.32. The highest BCUT2D eigenvalue weighted by Crippen LogP contribution is 2.20. The van der Waals surface area contributed by atoms with Crippen LogP contribution in [0.3, 0.4) is 0 Å². The minimum atomic E-state index is -0.687. The van der Waals surface area contributed by atoms with Crippen LogP contribution in [0.2, 0.25) is 0 Å². The van der Waals surface area contributed by atoms with Gasteiger partial charge in [-0.05, 0) is 25.7 Å². The average molecular weight is 491 g/mol. The number of carbonyl (C=O) groups excluding carboxylic acids is 3. The zero-order chi connectivity index (χ0) is 25.5. The molecule has 0 aliphatic carbocycles. The lowest BCUT2D eigenvalue weighted by Gasteiger charge is -2.35. The molecule has 1 aliphatic heterocycles. The van der Waals surface area contributed by atoms with Crippen LogP contribution in [0, 0.1) is 0 Å². The number of hydrogen-bond acceptors (Lipinski definition) is 4. The Morgan fingerprint density at radius 2 is 1.61 bits per heavy atom. The molecule has 1 aliphatic rings. The molecular weight excluding hydrogens is 456 g/mol. The highest BCUT2D eigenvalue weighted by molar-refractivity contribution is 6.06. The van der Waals surface area contributed by atoms with Gasteiger partial charge in [0.1, 0.15) is 6.04 Å². The Morgan fingerprint density at radius 3 is 2.33 bits per heavy atom. The minimum Gasteiger partial charge on any atom is -0.360 e. The second-order valence-corrected chi connectivity index (χ2v) is 9.31. The molecule has 0 saturated carbocycles. The van der Waals surface area contributed by atoms with Crippen LogP contribution < -0.4 is 10.6 Å². The van der Waals surface area contributed by atoms with Crippen molar-refractivity contribution in [3.8, 4) is 0 Å². The van der Waals surface area contributed by atoms with Crippen molar-refractivity contribution in [1.82, 2.24) is 30.3 Å². The van der Waals surface area contributed by atoms with E-state index < -0.39 is 6.04 Å². The number of H-pyrrole nitrogens is 1. The van der Waals surface area contributed by atoms with Gasteiger partial charge < -0.3 is 30.3 Å². The normalized spacial score (nSPS) is 14.6. The summed E-state index contributed by atoms with van der Waals surface area (Å²) in [6.45, 7) is 2.89. The Labute approximate surface area is 211 Å². The van der Waals surface area contributed by atoms with Crippen molar-refractivity contribution in [3.63, 3.8) is 0 Å². The van der Waals surface area contributed by atoms with Crippen LogP contribution in [0.4, 0.5) is 4.79 Å². The summed E-state index contributed by atoms with van der Waals surface area (Å²) in [4.78, 5) is 47.7. The van der Waals surface area contributed by atoms with Gasteiger partial charge in [0.25, 0.3) is 5.91 Å². The summed E-state index contributed by atoms with van der Waals surface area (Å²) in [6, 6.07) is 16.4. The van der Waals surface area contributed by atoms with Crippen LogP contribution in [-0.4, -0.2) is 96.9 Å². The SMILES string of the molecule is CN(C)CCNC(=O)[C@@H](Cc1ccccc1)NC(=O)N1CCN(C(=O)c2c[nH]c3ccccc23)CC1. The number of nitrogens with one attached hydrogen (secondary N) is 3. The number of aromatic amines is 1. The fourth-order valence-electron chi connectivity index (χ4n) is 4.36. The molecule has 1 saturated heterocycles. The minimum absolute atomic E-state index is 0.0465. The van der Waals surface area contributed by atoms with E-state index in [-0.39, 0.29) is 17.8 Å². The summed E-state index contributed by atoms with van der Waals surface area (Å²) in [5.74, 6) is -0.253. The number of fused-ring (bicyclic) bond motifs is 1. The van der Waals surface area contributed by atoms with Gasteiger partial charge >= 0.3 is 6.03 Å². The Bertz CT molecular complexity index is 1180. The molecule has 2 heterocycles. The van der Waals surface area contributed by atoms with Gasteiger partial charge in [-0.3, -0.25) is 9.59 Å². The quantitative estimate of drug-likeness (QED) is 0.449. The number of likely N-dealkylation sites (N-methyl/N-ethyl adjacent to an activating group) is 1. The number of hydrogen-bond donors (Lipinski definition) is 3. The van der Waals surface area contributed by atoms with E-state index >= 15 is 0 Å². The van der Waals surface area contributed by atoms with Crippen molar-refractivity contribution >= 4 is 28.7 Å². The molecule has 3 N–H and O–H groups in total. The second kappa shape index (κ2) is 11.7. The molecule has 2 aromatic carbocycles. The van der Waals surface area contributed by atoms with Gasteiger partial charge in [0, 0.05) is 62.8 Å². The van der Waals surface area contributed by atoms with Crippen molar-refractivity contribution in [3.05, 3.63) is 71.9 Å². The molecule has 1 fully saturated rings. The molecule has 1 aromatic heterocycles. The number of aromatic nitrogens is 1. The summed E-state index contributed by atoms with van der Waals surface area (Å²) in [5.41, 5.74) is 2.53. The molecule has 0 bridgehead atoms. The maximum Gasteiger partial charge on any atom is 0.318 e. The molecule has 36 heavy (non-hydrogen) atoms. The van der Waals surface area contributed by atoms with Crippen LogP contribution in [0.15, 0.2) is 60.8 Å². The third-order valence-electron chi connectivity index (χ3n) is 6.43. The third kappa shape index (κ3) is 6.23. The molecule has 9 heteroatoms. The monoisotopic (exact) mass is 490 g/mol. The number of urea groups is 1.